The summed E-state index contributed by atoms with van der Waals surface area (Å²) in [7, 11) is 1.59. The molecule has 0 saturated carbocycles. The summed E-state index contributed by atoms with van der Waals surface area (Å²) >= 11 is -1.13. The molecule has 0 spiro atoms. The van der Waals surface area contributed by atoms with Gasteiger partial charge in [-0.1, -0.05) is 60.7 Å². The van der Waals surface area contributed by atoms with Gasteiger partial charge >= 0.3 is 0 Å². The predicted octanol–water partition coefficient (Wildman–Crippen LogP) is 3.04. The summed E-state index contributed by atoms with van der Waals surface area (Å²) in [6.45, 7) is 0.819. The molecule has 0 amide bonds. The molecule has 0 fully saturated rings. The van der Waals surface area contributed by atoms with Crippen LogP contribution in [0, 0.1) is 0 Å². The minimum absolute atomic E-state index is 0.0851. The molecule has 2 rings (SSSR count). The molecular weight excluding hydrogens is 310 g/mol. The summed E-state index contributed by atoms with van der Waals surface area (Å²) in [5, 5.41) is 0. The molecule has 23 heavy (non-hydrogen) atoms. The van der Waals surface area contributed by atoms with Crippen molar-refractivity contribution in [3.63, 3.8) is 0 Å². The van der Waals surface area contributed by atoms with Crippen molar-refractivity contribution in [3.8, 4) is 0 Å². The second-order valence-corrected chi connectivity index (χ2v) is 6.43. The molecule has 0 saturated heterocycles. The van der Waals surface area contributed by atoms with Crippen molar-refractivity contribution in [1.29, 1.82) is 0 Å². The summed E-state index contributed by atoms with van der Waals surface area (Å²) < 4.78 is 25.6. The van der Waals surface area contributed by atoms with Gasteiger partial charge < -0.3 is 14.0 Å². The van der Waals surface area contributed by atoms with Crippen molar-refractivity contribution in [1.82, 2.24) is 4.72 Å². The average molecular weight is 333 g/mol. The van der Waals surface area contributed by atoms with Crippen LogP contribution in [0.5, 0.6) is 0 Å². The Morgan fingerprint density at radius 1 is 1.00 bits per heavy atom. The Hall–Kier alpha value is -1.37. The van der Waals surface area contributed by atoms with Gasteiger partial charge in [0.15, 0.2) is 0 Å². The summed E-state index contributed by atoms with van der Waals surface area (Å²) in [6, 6.07) is 20.0. The van der Waals surface area contributed by atoms with E-state index in [1.54, 1.807) is 7.11 Å². The van der Waals surface area contributed by atoms with Crippen molar-refractivity contribution < 1.29 is 14.0 Å². The minimum atomic E-state index is -1.13. The zero-order valence-electron chi connectivity index (χ0n) is 13.3. The van der Waals surface area contributed by atoms with Crippen LogP contribution in [0.25, 0.3) is 0 Å². The first-order valence-corrected chi connectivity index (χ1v) is 8.94. The lowest BCUT2D eigenvalue weighted by atomic mass is 10.00. The molecule has 124 valence electrons. The number of benzene rings is 2. The molecule has 1 N–H and O–H groups in total. The molecule has 0 heterocycles. The Morgan fingerprint density at radius 3 is 2.09 bits per heavy atom. The van der Waals surface area contributed by atoms with Crippen molar-refractivity contribution in [2.45, 2.75) is 12.5 Å². The van der Waals surface area contributed by atoms with Gasteiger partial charge in [-0.05, 0) is 11.1 Å². The molecule has 2 aromatic carbocycles. The maximum atomic E-state index is 12.3. The van der Waals surface area contributed by atoms with Crippen molar-refractivity contribution in [2.75, 3.05) is 26.3 Å². The molecule has 2 aromatic rings. The van der Waals surface area contributed by atoms with E-state index in [0.29, 0.717) is 12.4 Å². The Labute approximate surface area is 141 Å². The standard InChI is InChI=1S/C18H23NO3S/c1-21-15-22-13-8-14-23(20)19-18(16-9-4-2-5-10-16)17-11-6-3-7-12-17/h2-7,9-12,18-19H,8,13-15H2,1H3. The Bertz CT molecular complexity index is 499. The second kappa shape index (κ2) is 10.4. The van der Waals surface area contributed by atoms with Crippen LogP contribution in [0.1, 0.15) is 23.6 Å². The number of nitrogens with one attached hydrogen (secondary N) is 1. The molecule has 0 aromatic heterocycles. The average Bonchev–Trinajstić information content (AvgIpc) is 2.61. The van der Waals surface area contributed by atoms with Crippen LogP contribution in [0.2, 0.25) is 0 Å². The van der Waals surface area contributed by atoms with Crippen molar-refractivity contribution in [3.05, 3.63) is 71.8 Å². The Balaban J connectivity index is 1.96. The Kier molecular flexibility index (Phi) is 8.14. The highest BCUT2D eigenvalue weighted by Gasteiger charge is 2.19. The highest BCUT2D eigenvalue weighted by Crippen LogP contribution is 2.22. The van der Waals surface area contributed by atoms with Crippen molar-refractivity contribution in [2.24, 2.45) is 0 Å². The summed E-state index contributed by atoms with van der Waals surface area (Å²) in [4.78, 5) is 0. The molecule has 1 unspecified atom stereocenters. The first-order valence-electron chi connectivity index (χ1n) is 7.62. The molecule has 0 bridgehead atoms. The zero-order chi connectivity index (χ0) is 16.3. The third-order valence-electron chi connectivity index (χ3n) is 3.33. The third kappa shape index (κ3) is 6.33. The molecule has 1 atom stereocenters. The van der Waals surface area contributed by atoms with Gasteiger partial charge in [0.2, 0.25) is 0 Å². The fourth-order valence-electron chi connectivity index (χ4n) is 2.24. The predicted molar refractivity (Wildman–Crippen MR) is 93.3 cm³/mol. The van der Waals surface area contributed by atoms with Crippen LogP contribution in [0.15, 0.2) is 60.7 Å². The fraction of sp³-hybridized carbons (Fsp3) is 0.333. The molecule has 0 aliphatic carbocycles. The highest BCUT2D eigenvalue weighted by molar-refractivity contribution is 7.89. The van der Waals surface area contributed by atoms with Crippen molar-refractivity contribution >= 4 is 11.4 Å². The number of methoxy groups -OCH3 is 1. The van der Waals surface area contributed by atoms with E-state index in [2.05, 4.69) is 4.72 Å². The zero-order valence-corrected chi connectivity index (χ0v) is 14.1. The summed E-state index contributed by atoms with van der Waals surface area (Å²) in [5.74, 6) is 0.542. The summed E-state index contributed by atoms with van der Waals surface area (Å²) in [6.07, 6.45) is 0.721. The molecule has 0 aliphatic rings. The number of hydrogen-bond acceptors (Lipinski definition) is 4. The third-order valence-corrected chi connectivity index (χ3v) is 4.49. The number of ether oxygens (including phenoxy) is 2. The lowest BCUT2D eigenvalue weighted by Crippen LogP contribution is -2.31. The molecule has 4 nitrogen and oxygen atoms in total. The van der Waals surface area contributed by atoms with Crippen LogP contribution in [0.4, 0.5) is 0 Å². The van der Waals surface area contributed by atoms with Gasteiger partial charge in [-0.25, -0.2) is 0 Å². The van der Waals surface area contributed by atoms with Gasteiger partial charge in [-0.3, -0.25) is 0 Å². The van der Waals surface area contributed by atoms with E-state index in [9.17, 15) is 4.55 Å². The normalized spacial score (nSPS) is 12.5. The number of hydrogen-bond donors (Lipinski definition) is 1. The lowest BCUT2D eigenvalue weighted by Gasteiger charge is -2.21. The fourth-order valence-corrected chi connectivity index (χ4v) is 3.28. The van der Waals surface area contributed by atoms with Crippen LogP contribution < -0.4 is 4.72 Å². The smallest absolute Gasteiger partial charge is 0.146 e. The van der Waals surface area contributed by atoms with E-state index in [4.69, 9.17) is 9.47 Å². The quantitative estimate of drug-likeness (QED) is 0.412. The van der Waals surface area contributed by atoms with E-state index < -0.39 is 11.4 Å². The topological polar surface area (TPSA) is 53.5 Å². The van der Waals surface area contributed by atoms with Gasteiger partial charge in [-0.2, -0.15) is 0 Å². The summed E-state index contributed by atoms with van der Waals surface area (Å²) in [5.41, 5.74) is 2.20. The van der Waals surface area contributed by atoms with E-state index in [-0.39, 0.29) is 12.8 Å². The lowest BCUT2D eigenvalue weighted by molar-refractivity contribution is -0.0298. The van der Waals surface area contributed by atoms with E-state index in [1.165, 1.54) is 0 Å². The van der Waals surface area contributed by atoms with E-state index >= 15 is 0 Å². The first kappa shape index (κ1) is 18.0. The Morgan fingerprint density at radius 2 is 1.57 bits per heavy atom. The van der Waals surface area contributed by atoms with Crippen LogP contribution in [-0.4, -0.2) is 30.8 Å². The molecule has 0 aliphatic heterocycles. The van der Waals surface area contributed by atoms with Gasteiger partial charge in [0.1, 0.15) is 18.6 Å². The minimum Gasteiger partial charge on any atom is -0.598 e. The SMILES string of the molecule is COCOCCC[S+]([O-])NC(c1ccccc1)c1ccccc1. The van der Waals surface area contributed by atoms with Crippen LogP contribution in [0.3, 0.4) is 0 Å². The van der Waals surface area contributed by atoms with Crippen LogP contribution in [-0.2, 0) is 20.8 Å². The van der Waals surface area contributed by atoms with Gasteiger partial charge in [0.25, 0.3) is 0 Å². The van der Waals surface area contributed by atoms with Gasteiger partial charge in [0, 0.05) is 24.9 Å². The maximum absolute atomic E-state index is 12.3. The van der Waals surface area contributed by atoms with Gasteiger partial charge in [0.05, 0.1) is 6.61 Å². The largest absolute Gasteiger partial charge is 0.598 e. The molecule has 0 radical (unpaired) electrons. The second-order valence-electron chi connectivity index (χ2n) is 5.09. The van der Waals surface area contributed by atoms with E-state index in [1.807, 2.05) is 60.7 Å². The highest BCUT2D eigenvalue weighted by atomic mass is 32.2. The first-order chi connectivity index (χ1) is 11.3. The monoisotopic (exact) mass is 333 g/mol. The molecule has 5 heteroatoms. The molecular formula is C18H23NO3S. The maximum Gasteiger partial charge on any atom is 0.146 e. The van der Waals surface area contributed by atoms with E-state index in [0.717, 1.165) is 17.5 Å². The number of rotatable bonds is 10. The van der Waals surface area contributed by atoms with Crippen LogP contribution >= 0.6 is 0 Å². The van der Waals surface area contributed by atoms with Gasteiger partial charge in [-0.15, -0.1) is 4.72 Å².